The van der Waals surface area contributed by atoms with Crippen LogP contribution in [0.1, 0.15) is 43.9 Å². The Morgan fingerprint density at radius 1 is 1.25 bits per heavy atom. The minimum atomic E-state index is 0.137. The summed E-state index contributed by atoms with van der Waals surface area (Å²) in [5, 5.41) is 4.45. The van der Waals surface area contributed by atoms with Gasteiger partial charge in [0, 0.05) is 59.3 Å². The van der Waals surface area contributed by atoms with Gasteiger partial charge in [0.15, 0.2) is 0 Å². The van der Waals surface area contributed by atoms with E-state index in [2.05, 4.69) is 46.1 Å². The fraction of sp³-hybridized carbons (Fsp3) is 0.636. The molecule has 0 aromatic carbocycles. The van der Waals surface area contributed by atoms with Crippen LogP contribution in [-0.4, -0.2) is 54.6 Å². The molecule has 1 N–H and O–H groups in total. The third-order valence-corrected chi connectivity index (χ3v) is 7.37. The molecule has 0 spiro atoms. The number of nitrogens with zero attached hydrogens (tertiary/aromatic N) is 3. The number of piperidine rings is 2. The van der Waals surface area contributed by atoms with Gasteiger partial charge < -0.3 is 10.2 Å². The fourth-order valence-corrected chi connectivity index (χ4v) is 5.55. The molecular formula is C22H32N4OS. The molecule has 1 atom stereocenters. The van der Waals surface area contributed by atoms with E-state index < -0.39 is 0 Å². The molecule has 4 heterocycles. The Kier molecular flexibility index (Phi) is 6.16. The number of hydrogen-bond acceptors (Lipinski definition) is 5. The van der Waals surface area contributed by atoms with Crippen LogP contribution < -0.4 is 10.2 Å². The van der Waals surface area contributed by atoms with Crippen LogP contribution in [0, 0.1) is 12.8 Å². The largest absolute Gasteiger partial charge is 0.356 e. The molecule has 4 rings (SSSR count). The van der Waals surface area contributed by atoms with E-state index in [1.54, 1.807) is 0 Å². The lowest BCUT2D eigenvalue weighted by Crippen LogP contribution is -2.45. The lowest BCUT2D eigenvalue weighted by molar-refractivity contribution is -0.125. The average molecular weight is 401 g/mol. The van der Waals surface area contributed by atoms with Crippen LogP contribution in [-0.2, 0) is 4.79 Å². The van der Waals surface area contributed by atoms with Gasteiger partial charge in [-0.25, -0.2) is 4.98 Å². The topological polar surface area (TPSA) is 48.5 Å². The Morgan fingerprint density at radius 3 is 2.86 bits per heavy atom. The highest BCUT2D eigenvalue weighted by Crippen LogP contribution is 2.33. The van der Waals surface area contributed by atoms with Crippen LogP contribution in [0.25, 0.3) is 10.1 Å². The van der Waals surface area contributed by atoms with E-state index in [4.69, 9.17) is 0 Å². The van der Waals surface area contributed by atoms with Gasteiger partial charge in [-0.05, 0) is 58.2 Å². The van der Waals surface area contributed by atoms with Crippen LogP contribution in [0.15, 0.2) is 18.3 Å². The first-order chi connectivity index (χ1) is 13.6. The van der Waals surface area contributed by atoms with Crippen LogP contribution >= 0.6 is 11.3 Å². The van der Waals surface area contributed by atoms with Crippen molar-refractivity contribution in [3.8, 4) is 0 Å². The van der Waals surface area contributed by atoms with Crippen LogP contribution in [0.5, 0.6) is 0 Å². The number of fused-ring (bicyclic) bond motifs is 1. The van der Waals surface area contributed by atoms with Gasteiger partial charge in [-0.3, -0.25) is 9.69 Å². The molecular weight excluding hydrogens is 368 g/mol. The van der Waals surface area contributed by atoms with E-state index in [0.717, 1.165) is 44.8 Å². The van der Waals surface area contributed by atoms with Crippen molar-refractivity contribution in [2.75, 3.05) is 37.6 Å². The van der Waals surface area contributed by atoms with Gasteiger partial charge in [-0.2, -0.15) is 0 Å². The zero-order valence-corrected chi connectivity index (χ0v) is 17.9. The second kappa shape index (κ2) is 8.78. The Labute approximate surface area is 172 Å². The third-order valence-electron chi connectivity index (χ3n) is 6.35. The molecule has 0 radical (unpaired) electrons. The number of amides is 1. The molecule has 1 unspecified atom stereocenters. The van der Waals surface area contributed by atoms with Crippen molar-refractivity contribution < 1.29 is 4.79 Å². The highest BCUT2D eigenvalue weighted by atomic mass is 32.1. The normalized spacial score (nSPS) is 21.9. The van der Waals surface area contributed by atoms with Gasteiger partial charge in [-0.1, -0.05) is 6.42 Å². The number of aryl methyl sites for hydroxylation is 1. The maximum Gasteiger partial charge on any atom is 0.223 e. The summed E-state index contributed by atoms with van der Waals surface area (Å²) in [7, 11) is 0. The molecule has 28 heavy (non-hydrogen) atoms. The molecule has 2 aromatic heterocycles. The smallest absolute Gasteiger partial charge is 0.223 e. The molecule has 2 aliphatic rings. The van der Waals surface area contributed by atoms with E-state index >= 15 is 0 Å². The minimum absolute atomic E-state index is 0.137. The molecule has 2 aromatic rings. The SMILES string of the molecule is Cc1cc2c(N3CCC(C(=O)NCCN4CCCCC4C)CC3)nccc2s1. The summed E-state index contributed by atoms with van der Waals surface area (Å²) in [5.41, 5.74) is 0. The van der Waals surface area contributed by atoms with Gasteiger partial charge >= 0.3 is 0 Å². The summed E-state index contributed by atoms with van der Waals surface area (Å²) in [6.45, 7) is 9.20. The highest BCUT2D eigenvalue weighted by Gasteiger charge is 2.26. The van der Waals surface area contributed by atoms with E-state index in [9.17, 15) is 4.79 Å². The number of thiophene rings is 1. The van der Waals surface area contributed by atoms with Crippen LogP contribution in [0.2, 0.25) is 0 Å². The molecule has 0 bridgehead atoms. The molecule has 2 fully saturated rings. The second-order valence-corrected chi connectivity index (χ2v) is 9.62. The Morgan fingerprint density at radius 2 is 2.07 bits per heavy atom. The predicted molar refractivity (Wildman–Crippen MR) is 117 cm³/mol. The van der Waals surface area contributed by atoms with Crippen molar-refractivity contribution in [3.05, 3.63) is 23.2 Å². The number of aromatic nitrogens is 1. The number of likely N-dealkylation sites (tertiary alicyclic amines) is 1. The van der Waals surface area contributed by atoms with Gasteiger partial charge in [0.2, 0.25) is 5.91 Å². The maximum absolute atomic E-state index is 12.6. The molecule has 2 saturated heterocycles. The summed E-state index contributed by atoms with van der Waals surface area (Å²) in [5.74, 6) is 1.46. The van der Waals surface area contributed by atoms with Gasteiger partial charge in [0.25, 0.3) is 0 Å². The molecule has 0 saturated carbocycles. The number of anilines is 1. The standard InChI is InChI=1S/C22H32N4OS/c1-16-5-3-4-11-25(16)14-10-24-22(27)18-7-12-26(13-8-18)21-19-15-17(2)28-20(19)6-9-23-21/h6,9,15-16,18H,3-5,7-8,10-14H2,1-2H3,(H,24,27). The summed E-state index contributed by atoms with van der Waals surface area (Å²) < 4.78 is 1.30. The third kappa shape index (κ3) is 4.33. The minimum Gasteiger partial charge on any atom is -0.356 e. The number of rotatable bonds is 5. The van der Waals surface area contributed by atoms with Crippen molar-refractivity contribution in [1.29, 1.82) is 0 Å². The number of carbonyl (C=O) groups excluding carboxylic acids is 1. The van der Waals surface area contributed by atoms with E-state index in [1.807, 2.05) is 17.5 Å². The van der Waals surface area contributed by atoms with Gasteiger partial charge in [-0.15, -0.1) is 11.3 Å². The van der Waals surface area contributed by atoms with Crippen molar-refractivity contribution in [2.24, 2.45) is 5.92 Å². The average Bonchev–Trinajstić information content (AvgIpc) is 3.09. The summed E-state index contributed by atoms with van der Waals surface area (Å²) in [6, 6.07) is 4.99. The molecule has 2 aliphatic heterocycles. The maximum atomic E-state index is 12.6. The Balaban J connectivity index is 1.27. The van der Waals surface area contributed by atoms with E-state index in [-0.39, 0.29) is 11.8 Å². The number of nitrogens with one attached hydrogen (secondary N) is 1. The monoisotopic (exact) mass is 400 g/mol. The van der Waals surface area contributed by atoms with Crippen molar-refractivity contribution in [1.82, 2.24) is 15.2 Å². The molecule has 1 amide bonds. The lowest BCUT2D eigenvalue weighted by atomic mass is 9.95. The van der Waals surface area contributed by atoms with Crippen molar-refractivity contribution in [3.63, 3.8) is 0 Å². The summed E-state index contributed by atoms with van der Waals surface area (Å²) in [4.78, 5) is 23.5. The lowest BCUT2D eigenvalue weighted by Gasteiger charge is -2.34. The van der Waals surface area contributed by atoms with Gasteiger partial charge in [0.1, 0.15) is 5.82 Å². The van der Waals surface area contributed by atoms with Crippen LogP contribution in [0.3, 0.4) is 0 Å². The van der Waals surface area contributed by atoms with Crippen molar-refractivity contribution >= 4 is 33.1 Å². The first kappa shape index (κ1) is 19.6. The molecule has 0 aliphatic carbocycles. The fourth-order valence-electron chi connectivity index (χ4n) is 4.64. The van der Waals surface area contributed by atoms with Crippen LogP contribution in [0.4, 0.5) is 5.82 Å². The Bertz CT molecular complexity index is 812. The van der Waals surface area contributed by atoms with Crippen molar-refractivity contribution in [2.45, 2.75) is 52.0 Å². The second-order valence-electron chi connectivity index (χ2n) is 8.34. The number of carbonyl (C=O) groups is 1. The number of pyridine rings is 1. The predicted octanol–water partition coefficient (Wildman–Crippen LogP) is 3.81. The first-order valence-electron chi connectivity index (χ1n) is 10.7. The quantitative estimate of drug-likeness (QED) is 0.829. The Hall–Kier alpha value is -1.66. The zero-order chi connectivity index (χ0) is 19.5. The molecule has 5 nitrogen and oxygen atoms in total. The highest BCUT2D eigenvalue weighted by molar-refractivity contribution is 7.19. The first-order valence-corrected chi connectivity index (χ1v) is 11.6. The zero-order valence-electron chi connectivity index (χ0n) is 17.1. The van der Waals surface area contributed by atoms with Gasteiger partial charge in [0.05, 0.1) is 0 Å². The van der Waals surface area contributed by atoms with E-state index in [1.165, 1.54) is 40.8 Å². The molecule has 152 valence electrons. The van der Waals surface area contributed by atoms with E-state index in [0.29, 0.717) is 6.04 Å². The summed E-state index contributed by atoms with van der Waals surface area (Å²) >= 11 is 1.82. The number of hydrogen-bond donors (Lipinski definition) is 1. The summed E-state index contributed by atoms with van der Waals surface area (Å²) in [6.07, 6.45) is 7.66. The molecule has 6 heteroatoms.